The number of carboxylic acid groups (broad SMARTS) is 1. The smallest absolute Gasteiger partial charge is 0.341 e. The van der Waals surface area contributed by atoms with Crippen LogP contribution in [0.1, 0.15) is 24.2 Å². The number of carbonyl (C=O) groups is 1. The van der Waals surface area contributed by atoms with E-state index in [2.05, 4.69) is 17.1 Å². The van der Waals surface area contributed by atoms with Gasteiger partial charge in [0.1, 0.15) is 16.8 Å². The average Bonchev–Trinajstić information content (AvgIpc) is 2.57. The highest BCUT2D eigenvalue weighted by atomic mass is 16.5. The maximum absolute atomic E-state index is 12.5. The lowest BCUT2D eigenvalue weighted by atomic mass is 10.1. The number of ether oxygens (including phenoxy) is 1. The normalized spacial score (nSPS) is 19.5. The topological polar surface area (TPSA) is 83.8 Å². The molecule has 130 valence electrons. The van der Waals surface area contributed by atoms with E-state index in [4.69, 9.17) is 4.74 Å². The molecule has 7 nitrogen and oxygen atoms in total. The quantitative estimate of drug-likeness (QED) is 0.865. The first-order valence-corrected chi connectivity index (χ1v) is 8.25. The van der Waals surface area contributed by atoms with Gasteiger partial charge in [0.05, 0.1) is 11.1 Å². The van der Waals surface area contributed by atoms with Crippen LogP contribution >= 0.6 is 0 Å². The van der Waals surface area contributed by atoms with Gasteiger partial charge in [-0.15, -0.1) is 0 Å². The number of benzene rings is 1. The lowest BCUT2D eigenvalue weighted by molar-refractivity contribution is 0.0695. The van der Waals surface area contributed by atoms with Crippen LogP contribution in [0.25, 0.3) is 17.1 Å². The summed E-state index contributed by atoms with van der Waals surface area (Å²) in [7, 11) is 0. The van der Waals surface area contributed by atoms with E-state index in [0.29, 0.717) is 28.5 Å². The number of nitrogens with one attached hydrogen (secondary N) is 1. The molecule has 0 saturated carbocycles. The van der Waals surface area contributed by atoms with Crippen molar-refractivity contribution < 1.29 is 14.6 Å². The molecule has 1 fully saturated rings. The number of aromatic nitrogens is 1. The summed E-state index contributed by atoms with van der Waals surface area (Å²) < 4.78 is 7.65. The van der Waals surface area contributed by atoms with Crippen molar-refractivity contribution in [3.05, 3.63) is 39.9 Å². The van der Waals surface area contributed by atoms with E-state index in [9.17, 15) is 14.7 Å². The molecule has 0 unspecified atom stereocenters. The zero-order valence-electron chi connectivity index (χ0n) is 14.1. The Morgan fingerprint density at radius 3 is 2.92 bits per heavy atom. The van der Waals surface area contributed by atoms with Crippen molar-refractivity contribution >= 4 is 28.8 Å². The van der Waals surface area contributed by atoms with Crippen LogP contribution < -0.4 is 20.4 Å². The zero-order chi connectivity index (χ0) is 17.7. The Kier molecular flexibility index (Phi) is 3.54. The molecule has 0 bridgehead atoms. The van der Waals surface area contributed by atoms with Gasteiger partial charge in [-0.1, -0.05) is 0 Å². The van der Waals surface area contributed by atoms with Gasteiger partial charge in [-0.25, -0.2) is 4.79 Å². The summed E-state index contributed by atoms with van der Waals surface area (Å²) in [4.78, 5) is 26.2. The van der Waals surface area contributed by atoms with Gasteiger partial charge in [0.25, 0.3) is 0 Å². The first-order chi connectivity index (χ1) is 12.0. The van der Waals surface area contributed by atoms with E-state index in [0.717, 1.165) is 25.3 Å². The summed E-state index contributed by atoms with van der Waals surface area (Å²) in [5.41, 5.74) is 0.804. The molecule has 2 aliphatic rings. The predicted octanol–water partition coefficient (Wildman–Crippen LogP) is 1.71. The minimum Gasteiger partial charge on any atom is -0.477 e. The van der Waals surface area contributed by atoms with Crippen LogP contribution in [-0.4, -0.2) is 41.3 Å². The summed E-state index contributed by atoms with van der Waals surface area (Å²) in [6.07, 6.45) is 3.07. The van der Waals surface area contributed by atoms with Crippen molar-refractivity contribution in [1.29, 1.82) is 0 Å². The highest BCUT2D eigenvalue weighted by molar-refractivity contribution is 5.98. The van der Waals surface area contributed by atoms with E-state index in [1.165, 1.54) is 6.20 Å². The van der Waals surface area contributed by atoms with Gasteiger partial charge in [0.15, 0.2) is 5.75 Å². The van der Waals surface area contributed by atoms with Gasteiger partial charge in [-0.3, -0.25) is 4.79 Å². The van der Waals surface area contributed by atoms with Gasteiger partial charge in [0.2, 0.25) is 5.43 Å². The molecule has 25 heavy (non-hydrogen) atoms. The third-order valence-corrected chi connectivity index (χ3v) is 4.65. The van der Waals surface area contributed by atoms with E-state index in [1.807, 2.05) is 13.0 Å². The molecule has 3 heterocycles. The number of carboxylic acids is 1. The molecule has 1 atom stereocenters. The van der Waals surface area contributed by atoms with Crippen LogP contribution in [0.4, 0.5) is 5.69 Å². The van der Waals surface area contributed by atoms with Gasteiger partial charge < -0.3 is 24.6 Å². The number of aromatic carboxylic acids is 1. The van der Waals surface area contributed by atoms with E-state index >= 15 is 0 Å². The van der Waals surface area contributed by atoms with Gasteiger partial charge in [-0.05, 0) is 26.0 Å². The molecule has 7 heteroatoms. The Morgan fingerprint density at radius 2 is 2.20 bits per heavy atom. The Labute approximate surface area is 144 Å². The highest BCUT2D eigenvalue weighted by Crippen LogP contribution is 2.39. The second kappa shape index (κ2) is 5.63. The summed E-state index contributed by atoms with van der Waals surface area (Å²) in [5.74, 6) is 0.0276. The summed E-state index contributed by atoms with van der Waals surface area (Å²) in [6, 6.07) is 3.91. The molecule has 1 aromatic carbocycles. The number of piperazine rings is 1. The standard InChI is InChI=1S/C18H19N3O4/c1-10-7-20(6-5-19-10)14-4-3-12-15-17(14)25-11(2)8-21(15)9-13(16(12)22)18(23)24/h3-4,8-10,19H,5-7H2,1-2H3,(H,23,24)/t10-/m1/s1. The summed E-state index contributed by atoms with van der Waals surface area (Å²) in [5, 5.41) is 13.1. The third-order valence-electron chi connectivity index (χ3n) is 4.65. The van der Waals surface area contributed by atoms with E-state index < -0.39 is 11.4 Å². The van der Waals surface area contributed by atoms with Crippen molar-refractivity contribution in [2.75, 3.05) is 24.5 Å². The first kappa shape index (κ1) is 15.7. The fourth-order valence-electron chi connectivity index (χ4n) is 3.55. The molecule has 0 radical (unpaired) electrons. The monoisotopic (exact) mass is 341 g/mol. The number of allylic oxidation sites excluding steroid dienone is 1. The zero-order valence-corrected chi connectivity index (χ0v) is 14.1. The van der Waals surface area contributed by atoms with Crippen LogP contribution in [0.5, 0.6) is 5.75 Å². The van der Waals surface area contributed by atoms with Crippen molar-refractivity contribution in [2.24, 2.45) is 0 Å². The van der Waals surface area contributed by atoms with Crippen LogP contribution in [-0.2, 0) is 0 Å². The molecule has 1 saturated heterocycles. The van der Waals surface area contributed by atoms with Gasteiger partial charge in [0, 0.05) is 38.1 Å². The summed E-state index contributed by atoms with van der Waals surface area (Å²) in [6.45, 7) is 6.48. The molecule has 2 aliphatic heterocycles. The SMILES string of the molecule is CC1=Cn2cc(C(=O)O)c(=O)c3ccc(N4CCN[C@H](C)C4)c(c32)O1. The van der Waals surface area contributed by atoms with Gasteiger partial charge in [-0.2, -0.15) is 0 Å². The molecular formula is C18H19N3O4. The van der Waals surface area contributed by atoms with E-state index in [-0.39, 0.29) is 5.56 Å². The molecule has 1 aromatic heterocycles. The molecule has 0 aliphatic carbocycles. The number of nitrogens with zero attached hydrogens (tertiary/aromatic N) is 2. The minimum atomic E-state index is -1.23. The van der Waals surface area contributed by atoms with Crippen LogP contribution in [0.2, 0.25) is 0 Å². The van der Waals surface area contributed by atoms with Crippen LogP contribution in [0.15, 0.2) is 28.9 Å². The van der Waals surface area contributed by atoms with Crippen LogP contribution in [0.3, 0.4) is 0 Å². The predicted molar refractivity (Wildman–Crippen MR) is 95.4 cm³/mol. The number of rotatable bonds is 2. The number of anilines is 1. The molecule has 4 rings (SSSR count). The van der Waals surface area contributed by atoms with Gasteiger partial charge >= 0.3 is 5.97 Å². The molecule has 2 N–H and O–H groups in total. The largest absolute Gasteiger partial charge is 0.477 e. The minimum absolute atomic E-state index is 0.243. The third kappa shape index (κ3) is 2.47. The lowest BCUT2D eigenvalue weighted by Gasteiger charge is -2.35. The Hall–Kier alpha value is -2.80. The maximum atomic E-state index is 12.5. The molecule has 0 spiro atoms. The molecule has 2 aromatic rings. The van der Waals surface area contributed by atoms with Crippen molar-refractivity contribution in [1.82, 2.24) is 9.88 Å². The van der Waals surface area contributed by atoms with Crippen LogP contribution in [0, 0.1) is 0 Å². The Morgan fingerprint density at radius 1 is 1.40 bits per heavy atom. The lowest BCUT2D eigenvalue weighted by Crippen LogP contribution is -2.49. The second-order valence-corrected chi connectivity index (χ2v) is 6.54. The Bertz CT molecular complexity index is 976. The Balaban J connectivity index is 1.98. The second-order valence-electron chi connectivity index (χ2n) is 6.54. The van der Waals surface area contributed by atoms with Crippen molar-refractivity contribution in [3.8, 4) is 5.75 Å². The number of hydrogen-bond acceptors (Lipinski definition) is 5. The van der Waals surface area contributed by atoms with Crippen molar-refractivity contribution in [2.45, 2.75) is 19.9 Å². The number of hydrogen-bond donors (Lipinski definition) is 2. The fourth-order valence-corrected chi connectivity index (χ4v) is 3.55. The molecule has 0 amide bonds. The summed E-state index contributed by atoms with van der Waals surface area (Å²) >= 11 is 0. The first-order valence-electron chi connectivity index (χ1n) is 8.25. The maximum Gasteiger partial charge on any atom is 0.341 e. The van der Waals surface area contributed by atoms with Crippen molar-refractivity contribution in [3.63, 3.8) is 0 Å². The van der Waals surface area contributed by atoms with E-state index in [1.54, 1.807) is 16.8 Å². The average molecular weight is 341 g/mol. The molecular weight excluding hydrogens is 322 g/mol. The number of pyridine rings is 1. The highest BCUT2D eigenvalue weighted by Gasteiger charge is 2.26. The fraction of sp³-hybridized carbons (Fsp3) is 0.333.